The molecule has 0 aliphatic rings. The highest BCUT2D eigenvalue weighted by Gasteiger charge is 2.22. The van der Waals surface area contributed by atoms with Gasteiger partial charge < -0.3 is 10.6 Å². The summed E-state index contributed by atoms with van der Waals surface area (Å²) in [6, 6.07) is 12.6. The van der Waals surface area contributed by atoms with Crippen molar-refractivity contribution in [2.24, 2.45) is 0 Å². The Kier molecular flexibility index (Phi) is 8.12. The van der Waals surface area contributed by atoms with Gasteiger partial charge in [-0.25, -0.2) is 4.39 Å². The number of hydrogen-bond acceptors (Lipinski definition) is 3. The van der Waals surface area contributed by atoms with Gasteiger partial charge in [0.25, 0.3) is 5.91 Å². The third-order valence-corrected chi connectivity index (χ3v) is 5.10. The molecule has 138 valence electrons. The normalized spacial score (nSPS) is 11.7. The number of hydrogen-bond donors (Lipinski definition) is 2. The van der Waals surface area contributed by atoms with Gasteiger partial charge in [-0.3, -0.25) is 9.59 Å². The summed E-state index contributed by atoms with van der Waals surface area (Å²) in [4.78, 5) is 25.0. The average Bonchev–Trinajstić information content (AvgIpc) is 2.64. The Morgan fingerprint density at radius 3 is 2.54 bits per heavy atom. The predicted octanol–water partition coefficient (Wildman–Crippen LogP) is 3.76. The molecule has 26 heavy (non-hydrogen) atoms. The van der Waals surface area contributed by atoms with Crippen molar-refractivity contribution in [1.82, 2.24) is 10.6 Å². The number of thioether (sulfide) groups is 1. The molecule has 0 saturated heterocycles. The summed E-state index contributed by atoms with van der Waals surface area (Å²) < 4.78 is 14.4. The lowest BCUT2D eigenvalue weighted by Gasteiger charge is -2.19. The molecular weight excluding hydrogens is 419 g/mol. The predicted molar refractivity (Wildman–Crippen MR) is 107 cm³/mol. The maximum Gasteiger partial charge on any atom is 0.253 e. The zero-order valence-corrected chi connectivity index (χ0v) is 16.7. The highest BCUT2D eigenvalue weighted by Crippen LogP contribution is 2.16. The Hall–Kier alpha value is -1.86. The molecule has 0 spiro atoms. The fraction of sp³-hybridized carbons (Fsp3) is 0.263. The molecular formula is C19H20BrFN2O2S. The van der Waals surface area contributed by atoms with Gasteiger partial charge in [-0.2, -0.15) is 11.8 Å². The van der Waals surface area contributed by atoms with E-state index in [1.54, 1.807) is 48.2 Å². The lowest BCUT2D eigenvalue weighted by atomic mass is 10.1. The van der Waals surface area contributed by atoms with Crippen LogP contribution in [-0.2, 0) is 11.3 Å². The van der Waals surface area contributed by atoms with E-state index in [4.69, 9.17) is 0 Å². The number of rotatable bonds is 8. The maximum absolute atomic E-state index is 13.7. The average molecular weight is 439 g/mol. The van der Waals surface area contributed by atoms with E-state index in [1.165, 1.54) is 6.07 Å². The molecule has 0 aliphatic carbocycles. The molecule has 2 N–H and O–H groups in total. The van der Waals surface area contributed by atoms with E-state index in [0.717, 1.165) is 0 Å². The molecule has 0 aromatic heterocycles. The first-order valence-corrected chi connectivity index (χ1v) is 10.3. The van der Waals surface area contributed by atoms with E-state index in [-0.39, 0.29) is 24.2 Å². The van der Waals surface area contributed by atoms with Gasteiger partial charge in [0.2, 0.25) is 5.91 Å². The second-order valence-electron chi connectivity index (χ2n) is 5.60. The van der Waals surface area contributed by atoms with E-state index in [2.05, 4.69) is 26.6 Å². The van der Waals surface area contributed by atoms with Crippen LogP contribution in [0.4, 0.5) is 4.39 Å². The molecule has 1 atom stereocenters. The Balaban J connectivity index is 2.03. The molecule has 1 unspecified atom stereocenters. The van der Waals surface area contributed by atoms with Crippen LogP contribution in [-0.4, -0.2) is 29.9 Å². The van der Waals surface area contributed by atoms with E-state index in [9.17, 15) is 14.0 Å². The van der Waals surface area contributed by atoms with Crippen LogP contribution in [0.1, 0.15) is 22.3 Å². The minimum atomic E-state index is -0.686. The summed E-state index contributed by atoms with van der Waals surface area (Å²) in [5.74, 6) is -0.313. The lowest BCUT2D eigenvalue weighted by molar-refractivity contribution is -0.123. The fourth-order valence-electron chi connectivity index (χ4n) is 2.33. The Morgan fingerprint density at radius 1 is 1.15 bits per heavy atom. The number of nitrogens with one attached hydrogen (secondary N) is 2. The van der Waals surface area contributed by atoms with Crippen LogP contribution >= 0.6 is 27.7 Å². The quantitative estimate of drug-likeness (QED) is 0.659. The van der Waals surface area contributed by atoms with Gasteiger partial charge in [-0.15, -0.1) is 0 Å². The highest BCUT2D eigenvalue weighted by molar-refractivity contribution is 9.10. The number of carbonyl (C=O) groups is 2. The zero-order valence-electron chi connectivity index (χ0n) is 14.3. The van der Waals surface area contributed by atoms with Gasteiger partial charge in [0, 0.05) is 16.6 Å². The van der Waals surface area contributed by atoms with Crippen molar-refractivity contribution in [3.63, 3.8) is 0 Å². The standard InChI is InChI=1S/C19H20BrFN2O2S/c1-26-11-10-17(23-18(24)14-7-3-4-8-15(14)20)19(25)22-12-13-6-2-5-9-16(13)21/h2-9,17H,10-12H2,1H3,(H,22,25)(H,23,24). The van der Waals surface area contributed by atoms with Gasteiger partial charge in [0.1, 0.15) is 11.9 Å². The van der Waals surface area contributed by atoms with Gasteiger partial charge in [0.15, 0.2) is 0 Å². The van der Waals surface area contributed by atoms with Crippen LogP contribution in [0.5, 0.6) is 0 Å². The van der Waals surface area contributed by atoms with Gasteiger partial charge in [-0.1, -0.05) is 30.3 Å². The maximum atomic E-state index is 13.7. The van der Waals surface area contributed by atoms with Crippen LogP contribution in [0.25, 0.3) is 0 Å². The summed E-state index contributed by atoms with van der Waals surface area (Å²) >= 11 is 4.93. The van der Waals surface area contributed by atoms with Gasteiger partial charge in [-0.05, 0) is 52.6 Å². The minimum Gasteiger partial charge on any atom is -0.350 e. The van der Waals surface area contributed by atoms with Crippen LogP contribution in [0.15, 0.2) is 53.0 Å². The molecule has 0 saturated carbocycles. The third kappa shape index (κ3) is 5.85. The molecule has 0 radical (unpaired) electrons. The van der Waals surface area contributed by atoms with Crippen molar-refractivity contribution < 1.29 is 14.0 Å². The number of amides is 2. The van der Waals surface area contributed by atoms with E-state index < -0.39 is 6.04 Å². The molecule has 4 nitrogen and oxygen atoms in total. The second kappa shape index (κ2) is 10.3. The summed E-state index contributed by atoms with van der Waals surface area (Å²) in [6.07, 6.45) is 2.42. The lowest BCUT2D eigenvalue weighted by Crippen LogP contribution is -2.47. The summed E-state index contributed by atoms with van der Waals surface area (Å²) in [5, 5.41) is 5.48. The number of halogens is 2. The molecule has 0 aliphatic heterocycles. The molecule has 0 fully saturated rings. The zero-order chi connectivity index (χ0) is 18.9. The Morgan fingerprint density at radius 2 is 1.85 bits per heavy atom. The van der Waals surface area contributed by atoms with Crippen molar-refractivity contribution in [1.29, 1.82) is 0 Å². The first-order valence-electron chi connectivity index (χ1n) is 8.08. The van der Waals surface area contributed by atoms with Crippen LogP contribution < -0.4 is 10.6 Å². The van der Waals surface area contributed by atoms with Crippen LogP contribution in [0.2, 0.25) is 0 Å². The van der Waals surface area contributed by atoms with Gasteiger partial charge >= 0.3 is 0 Å². The minimum absolute atomic E-state index is 0.0756. The molecule has 0 bridgehead atoms. The first kappa shape index (κ1) is 20.5. The molecule has 2 aromatic rings. The second-order valence-corrected chi connectivity index (χ2v) is 7.44. The van der Waals surface area contributed by atoms with Crippen LogP contribution in [0, 0.1) is 5.82 Å². The van der Waals surface area contributed by atoms with Crippen LogP contribution in [0.3, 0.4) is 0 Å². The molecule has 2 rings (SSSR count). The van der Waals surface area contributed by atoms with E-state index in [0.29, 0.717) is 27.8 Å². The highest BCUT2D eigenvalue weighted by atomic mass is 79.9. The molecule has 7 heteroatoms. The van der Waals surface area contributed by atoms with Crippen molar-refractivity contribution in [3.05, 3.63) is 69.9 Å². The first-order chi connectivity index (χ1) is 12.5. The summed E-state index contributed by atoms with van der Waals surface area (Å²) in [6.45, 7) is 0.0756. The van der Waals surface area contributed by atoms with Crippen molar-refractivity contribution in [2.75, 3.05) is 12.0 Å². The molecule has 2 amide bonds. The summed E-state index contributed by atoms with van der Waals surface area (Å²) in [5.41, 5.74) is 0.866. The van der Waals surface area contributed by atoms with E-state index in [1.807, 2.05) is 12.3 Å². The van der Waals surface area contributed by atoms with E-state index >= 15 is 0 Å². The fourth-order valence-corrected chi connectivity index (χ4v) is 3.27. The molecule has 0 heterocycles. The molecule has 2 aromatic carbocycles. The van der Waals surface area contributed by atoms with Crippen molar-refractivity contribution >= 4 is 39.5 Å². The Labute approximate surface area is 165 Å². The third-order valence-electron chi connectivity index (χ3n) is 3.76. The SMILES string of the molecule is CSCCC(NC(=O)c1ccccc1Br)C(=O)NCc1ccccc1F. The Bertz CT molecular complexity index is 773. The smallest absolute Gasteiger partial charge is 0.253 e. The number of benzene rings is 2. The largest absolute Gasteiger partial charge is 0.350 e. The monoisotopic (exact) mass is 438 g/mol. The van der Waals surface area contributed by atoms with Crippen molar-refractivity contribution in [2.45, 2.75) is 19.0 Å². The topological polar surface area (TPSA) is 58.2 Å². The number of carbonyl (C=O) groups excluding carboxylic acids is 2. The van der Waals surface area contributed by atoms with Gasteiger partial charge in [0.05, 0.1) is 5.56 Å². The van der Waals surface area contributed by atoms with Crippen molar-refractivity contribution in [3.8, 4) is 0 Å². The summed E-state index contributed by atoms with van der Waals surface area (Å²) in [7, 11) is 0.